The maximum atomic E-state index is 14.0. The quantitative estimate of drug-likeness (QED) is 0.898. The van der Waals surface area contributed by atoms with Crippen LogP contribution in [0.15, 0.2) is 18.2 Å². The van der Waals surface area contributed by atoms with Crippen LogP contribution in [0.4, 0.5) is 4.39 Å². The number of rotatable bonds is 5. The van der Waals surface area contributed by atoms with Crippen LogP contribution in [0.3, 0.4) is 0 Å². The molecule has 0 bridgehead atoms. The molecule has 3 nitrogen and oxygen atoms in total. The lowest BCUT2D eigenvalue weighted by Gasteiger charge is -2.44. The van der Waals surface area contributed by atoms with Crippen LogP contribution in [0, 0.1) is 11.7 Å². The van der Waals surface area contributed by atoms with Gasteiger partial charge in [0.05, 0.1) is 18.8 Å². The highest BCUT2D eigenvalue weighted by atomic mass is 19.1. The number of likely N-dealkylation sites (N-methyl/N-ethyl adjacent to an activating group) is 1. The highest BCUT2D eigenvalue weighted by Crippen LogP contribution is 2.43. The Bertz CT molecular complexity index is 470. The summed E-state index contributed by atoms with van der Waals surface area (Å²) in [6.07, 6.45) is 4.27. The molecule has 1 atom stereocenters. The van der Waals surface area contributed by atoms with Gasteiger partial charge in [-0.3, -0.25) is 0 Å². The largest absolute Gasteiger partial charge is 0.494 e. The topological polar surface area (TPSA) is 30.5 Å². The summed E-state index contributed by atoms with van der Waals surface area (Å²) in [7, 11) is 5.15. The third-order valence-electron chi connectivity index (χ3n) is 4.85. The monoisotopic (exact) mass is 295 g/mol. The molecule has 1 aromatic rings. The van der Waals surface area contributed by atoms with Crippen LogP contribution in [0.1, 0.15) is 44.2 Å². The maximum absolute atomic E-state index is 14.0. The SMILES string of the molecule is CNC(c1ccc(OC)c(F)c1)C1(OC)CCC(C)CC1. The van der Waals surface area contributed by atoms with Crippen LogP contribution >= 0.6 is 0 Å². The lowest BCUT2D eigenvalue weighted by Crippen LogP contribution is -2.47. The second-order valence-corrected chi connectivity index (χ2v) is 6.07. The smallest absolute Gasteiger partial charge is 0.165 e. The normalized spacial score (nSPS) is 27.4. The van der Waals surface area contributed by atoms with Crippen LogP contribution < -0.4 is 10.1 Å². The Hall–Kier alpha value is -1.13. The lowest BCUT2D eigenvalue weighted by molar-refractivity contribution is -0.0745. The standard InChI is InChI=1S/C17H26FNO2/c1-12-7-9-17(21-4,10-8-12)16(19-2)13-5-6-15(20-3)14(18)11-13/h5-6,11-12,16,19H,7-10H2,1-4H3. The molecule has 0 spiro atoms. The summed E-state index contributed by atoms with van der Waals surface area (Å²) in [6, 6.07) is 5.14. The van der Waals surface area contributed by atoms with Gasteiger partial charge >= 0.3 is 0 Å². The molecular weight excluding hydrogens is 269 g/mol. The highest BCUT2D eigenvalue weighted by Gasteiger charge is 2.41. The van der Waals surface area contributed by atoms with Crippen LogP contribution in [-0.4, -0.2) is 26.9 Å². The van der Waals surface area contributed by atoms with Crippen LogP contribution in [-0.2, 0) is 4.74 Å². The average Bonchev–Trinajstić information content (AvgIpc) is 2.50. The lowest BCUT2D eigenvalue weighted by atomic mass is 9.73. The Morgan fingerprint density at radius 3 is 2.43 bits per heavy atom. The van der Waals surface area contributed by atoms with Crippen molar-refractivity contribution in [3.8, 4) is 5.75 Å². The van der Waals surface area contributed by atoms with E-state index in [0.717, 1.165) is 37.2 Å². The van der Waals surface area contributed by atoms with E-state index in [1.54, 1.807) is 19.2 Å². The van der Waals surface area contributed by atoms with Crippen molar-refractivity contribution < 1.29 is 13.9 Å². The van der Waals surface area contributed by atoms with Gasteiger partial charge in [-0.2, -0.15) is 0 Å². The summed E-state index contributed by atoms with van der Waals surface area (Å²) in [5, 5.41) is 3.33. The molecule has 21 heavy (non-hydrogen) atoms. The minimum Gasteiger partial charge on any atom is -0.494 e. The number of hydrogen-bond donors (Lipinski definition) is 1. The van der Waals surface area contributed by atoms with E-state index in [1.165, 1.54) is 7.11 Å². The van der Waals surface area contributed by atoms with Gasteiger partial charge in [-0.25, -0.2) is 4.39 Å². The van der Waals surface area contributed by atoms with Gasteiger partial charge in [-0.1, -0.05) is 13.0 Å². The first-order chi connectivity index (χ1) is 10.1. The van der Waals surface area contributed by atoms with Crippen molar-refractivity contribution in [3.05, 3.63) is 29.6 Å². The first kappa shape index (κ1) is 16.2. The Morgan fingerprint density at radius 2 is 1.95 bits per heavy atom. The molecule has 0 aliphatic heterocycles. The third-order valence-corrected chi connectivity index (χ3v) is 4.85. The molecule has 0 amide bonds. The number of ether oxygens (including phenoxy) is 2. The van der Waals surface area contributed by atoms with E-state index in [4.69, 9.17) is 9.47 Å². The number of hydrogen-bond acceptors (Lipinski definition) is 3. The summed E-state index contributed by atoms with van der Waals surface area (Å²) < 4.78 is 24.9. The van der Waals surface area contributed by atoms with Gasteiger partial charge in [-0.05, 0) is 56.3 Å². The fourth-order valence-corrected chi connectivity index (χ4v) is 3.46. The molecule has 1 unspecified atom stereocenters. The van der Waals surface area contributed by atoms with Crippen molar-refractivity contribution in [1.29, 1.82) is 0 Å². The summed E-state index contributed by atoms with van der Waals surface area (Å²) in [4.78, 5) is 0. The van der Waals surface area contributed by atoms with E-state index in [-0.39, 0.29) is 23.2 Å². The van der Waals surface area contributed by atoms with Crippen molar-refractivity contribution in [1.82, 2.24) is 5.32 Å². The number of halogens is 1. The molecule has 0 heterocycles. The summed E-state index contributed by atoms with van der Waals surface area (Å²) >= 11 is 0. The predicted molar refractivity (Wildman–Crippen MR) is 82.1 cm³/mol. The maximum Gasteiger partial charge on any atom is 0.165 e. The minimum atomic E-state index is -0.328. The fraction of sp³-hybridized carbons (Fsp3) is 0.647. The van der Waals surface area contributed by atoms with Gasteiger partial charge in [0.25, 0.3) is 0 Å². The van der Waals surface area contributed by atoms with Crippen molar-refractivity contribution in [2.24, 2.45) is 5.92 Å². The van der Waals surface area contributed by atoms with Crippen molar-refractivity contribution >= 4 is 0 Å². The molecule has 1 aliphatic carbocycles. The molecule has 4 heteroatoms. The van der Waals surface area contributed by atoms with Crippen LogP contribution in [0.2, 0.25) is 0 Å². The van der Waals surface area contributed by atoms with Gasteiger partial charge in [-0.15, -0.1) is 0 Å². The predicted octanol–water partition coefficient (Wildman–Crippen LogP) is 3.69. The van der Waals surface area contributed by atoms with Gasteiger partial charge in [0, 0.05) is 7.11 Å². The first-order valence-electron chi connectivity index (χ1n) is 7.62. The molecule has 1 fully saturated rings. The Morgan fingerprint density at radius 1 is 1.29 bits per heavy atom. The third kappa shape index (κ3) is 3.22. The number of nitrogens with one attached hydrogen (secondary N) is 1. The minimum absolute atomic E-state index is 0.0181. The van der Waals surface area contributed by atoms with Crippen molar-refractivity contribution in [2.75, 3.05) is 21.3 Å². The molecule has 0 radical (unpaired) electrons. The Kier molecular flexibility index (Phi) is 5.22. The van der Waals surface area contributed by atoms with Crippen molar-refractivity contribution in [2.45, 2.75) is 44.2 Å². The van der Waals surface area contributed by atoms with Crippen molar-refractivity contribution in [3.63, 3.8) is 0 Å². The van der Waals surface area contributed by atoms with E-state index in [9.17, 15) is 4.39 Å². The molecule has 1 saturated carbocycles. The molecule has 1 N–H and O–H groups in total. The molecule has 1 aromatic carbocycles. The zero-order chi connectivity index (χ0) is 15.5. The highest BCUT2D eigenvalue weighted by molar-refractivity contribution is 5.32. The summed E-state index contributed by atoms with van der Waals surface area (Å²) in [5.74, 6) is 0.682. The second-order valence-electron chi connectivity index (χ2n) is 6.07. The summed E-state index contributed by atoms with van der Waals surface area (Å²) in [5.41, 5.74) is 0.648. The first-order valence-corrected chi connectivity index (χ1v) is 7.62. The van der Waals surface area contributed by atoms with Crippen LogP contribution in [0.5, 0.6) is 5.75 Å². The van der Waals surface area contributed by atoms with Gasteiger partial charge < -0.3 is 14.8 Å². The van der Waals surface area contributed by atoms with E-state index >= 15 is 0 Å². The van der Waals surface area contributed by atoms with E-state index in [0.29, 0.717) is 0 Å². The number of benzene rings is 1. The van der Waals surface area contributed by atoms with Gasteiger partial charge in [0.1, 0.15) is 0 Å². The van der Waals surface area contributed by atoms with E-state index in [1.807, 2.05) is 13.1 Å². The number of methoxy groups -OCH3 is 2. The summed E-state index contributed by atoms with van der Waals surface area (Å²) in [6.45, 7) is 2.28. The Labute approximate surface area is 126 Å². The Balaban J connectivity index is 2.31. The molecule has 0 aromatic heterocycles. The molecule has 2 rings (SSSR count). The van der Waals surface area contributed by atoms with E-state index in [2.05, 4.69) is 12.2 Å². The second kappa shape index (κ2) is 6.75. The van der Waals surface area contributed by atoms with Crippen LogP contribution in [0.25, 0.3) is 0 Å². The molecule has 0 saturated heterocycles. The van der Waals surface area contributed by atoms with Gasteiger partial charge in [0.2, 0.25) is 0 Å². The molecule has 1 aliphatic rings. The average molecular weight is 295 g/mol. The van der Waals surface area contributed by atoms with Gasteiger partial charge in [0.15, 0.2) is 11.6 Å². The molecular formula is C17H26FNO2. The zero-order valence-electron chi connectivity index (χ0n) is 13.4. The fourth-order valence-electron chi connectivity index (χ4n) is 3.46. The zero-order valence-corrected chi connectivity index (χ0v) is 13.4. The molecule has 118 valence electrons. The van der Waals surface area contributed by atoms with E-state index < -0.39 is 0 Å².